The molecule has 0 radical (unpaired) electrons. The molecule has 0 fully saturated rings. The van der Waals surface area contributed by atoms with E-state index in [9.17, 15) is 8.78 Å². The van der Waals surface area contributed by atoms with E-state index in [-0.39, 0.29) is 17.8 Å². The Kier molecular flexibility index (Phi) is 3.19. The van der Waals surface area contributed by atoms with Gasteiger partial charge in [-0.05, 0) is 12.1 Å². The standard InChI is InChI=1S/C11H9F2N5/c1-18-6-16-9(17-18)5-15-8-3-2-7(4-14)10(12)11(8)13/h2-3,6,15H,5H2,1H3. The molecule has 2 rings (SSSR count). The SMILES string of the molecule is Cn1cnc(CNc2ccc(C#N)c(F)c2F)n1. The fourth-order valence-electron chi connectivity index (χ4n) is 1.41. The van der Waals surface area contributed by atoms with E-state index >= 15 is 0 Å². The summed E-state index contributed by atoms with van der Waals surface area (Å²) < 4.78 is 28.3. The van der Waals surface area contributed by atoms with E-state index in [2.05, 4.69) is 15.4 Å². The summed E-state index contributed by atoms with van der Waals surface area (Å²) in [5.41, 5.74) is -0.354. The van der Waals surface area contributed by atoms with Crippen LogP contribution in [-0.2, 0) is 13.6 Å². The molecule has 5 nitrogen and oxygen atoms in total. The molecule has 1 heterocycles. The Labute approximate surface area is 102 Å². The van der Waals surface area contributed by atoms with Gasteiger partial charge in [-0.1, -0.05) is 0 Å². The van der Waals surface area contributed by atoms with E-state index in [0.717, 1.165) is 0 Å². The zero-order valence-electron chi connectivity index (χ0n) is 9.48. The van der Waals surface area contributed by atoms with Gasteiger partial charge in [0.1, 0.15) is 12.4 Å². The lowest BCUT2D eigenvalue weighted by Gasteiger charge is -2.06. The lowest BCUT2D eigenvalue weighted by molar-refractivity contribution is 0.508. The van der Waals surface area contributed by atoms with Crippen molar-refractivity contribution in [1.82, 2.24) is 14.8 Å². The minimum atomic E-state index is -1.16. The second-order valence-corrected chi connectivity index (χ2v) is 3.59. The number of benzene rings is 1. The topological polar surface area (TPSA) is 66.5 Å². The maximum atomic E-state index is 13.5. The number of aryl methyl sites for hydroxylation is 1. The molecule has 18 heavy (non-hydrogen) atoms. The van der Waals surface area contributed by atoms with Crippen LogP contribution in [0.3, 0.4) is 0 Å². The van der Waals surface area contributed by atoms with Crippen LogP contribution in [0.15, 0.2) is 18.5 Å². The monoisotopic (exact) mass is 249 g/mol. The smallest absolute Gasteiger partial charge is 0.183 e. The van der Waals surface area contributed by atoms with Crippen molar-refractivity contribution in [3.8, 4) is 6.07 Å². The number of hydrogen-bond acceptors (Lipinski definition) is 4. The first-order valence-corrected chi connectivity index (χ1v) is 5.08. The molecule has 0 amide bonds. The van der Waals surface area contributed by atoms with E-state index in [1.807, 2.05) is 0 Å². The van der Waals surface area contributed by atoms with Crippen LogP contribution in [0, 0.1) is 23.0 Å². The maximum absolute atomic E-state index is 13.5. The average Bonchev–Trinajstić information content (AvgIpc) is 2.77. The van der Waals surface area contributed by atoms with Gasteiger partial charge in [-0.15, -0.1) is 0 Å². The molecule has 0 aliphatic rings. The van der Waals surface area contributed by atoms with Crippen molar-refractivity contribution in [2.45, 2.75) is 6.54 Å². The molecule has 0 saturated heterocycles. The third-order valence-electron chi connectivity index (χ3n) is 2.29. The summed E-state index contributed by atoms with van der Waals surface area (Å²) in [4.78, 5) is 3.94. The van der Waals surface area contributed by atoms with Crippen LogP contribution in [0.4, 0.5) is 14.5 Å². The van der Waals surface area contributed by atoms with Crippen LogP contribution < -0.4 is 5.32 Å². The number of rotatable bonds is 3. The molecule has 0 unspecified atom stereocenters. The summed E-state index contributed by atoms with van der Waals surface area (Å²) >= 11 is 0. The van der Waals surface area contributed by atoms with Gasteiger partial charge in [0.25, 0.3) is 0 Å². The van der Waals surface area contributed by atoms with Crippen molar-refractivity contribution < 1.29 is 8.78 Å². The van der Waals surface area contributed by atoms with Crippen molar-refractivity contribution in [2.75, 3.05) is 5.32 Å². The maximum Gasteiger partial charge on any atom is 0.183 e. The molecule has 0 aliphatic heterocycles. The zero-order chi connectivity index (χ0) is 13.1. The van der Waals surface area contributed by atoms with Crippen LogP contribution in [0.25, 0.3) is 0 Å². The van der Waals surface area contributed by atoms with E-state index in [0.29, 0.717) is 5.82 Å². The summed E-state index contributed by atoms with van der Waals surface area (Å²) in [5, 5.41) is 15.2. The van der Waals surface area contributed by atoms with Gasteiger partial charge in [-0.2, -0.15) is 10.4 Å². The fourth-order valence-corrected chi connectivity index (χ4v) is 1.41. The first kappa shape index (κ1) is 12.0. The van der Waals surface area contributed by atoms with Gasteiger partial charge in [0.2, 0.25) is 0 Å². The van der Waals surface area contributed by atoms with Gasteiger partial charge in [0.15, 0.2) is 17.5 Å². The van der Waals surface area contributed by atoms with Crippen LogP contribution in [0.2, 0.25) is 0 Å². The zero-order valence-corrected chi connectivity index (χ0v) is 9.48. The highest BCUT2D eigenvalue weighted by atomic mass is 19.2. The van der Waals surface area contributed by atoms with Crippen molar-refractivity contribution in [3.05, 3.63) is 41.5 Å². The Morgan fingerprint density at radius 2 is 2.17 bits per heavy atom. The minimum Gasteiger partial charge on any atom is -0.375 e. The van der Waals surface area contributed by atoms with Crippen molar-refractivity contribution >= 4 is 5.69 Å². The third-order valence-corrected chi connectivity index (χ3v) is 2.29. The van der Waals surface area contributed by atoms with E-state index < -0.39 is 11.6 Å². The lowest BCUT2D eigenvalue weighted by Crippen LogP contribution is -2.05. The number of halogens is 2. The number of nitriles is 1. The van der Waals surface area contributed by atoms with Crippen molar-refractivity contribution in [3.63, 3.8) is 0 Å². The quantitative estimate of drug-likeness (QED) is 0.896. The highest BCUT2D eigenvalue weighted by Crippen LogP contribution is 2.20. The molecule has 0 atom stereocenters. The molecular weight excluding hydrogens is 240 g/mol. The highest BCUT2D eigenvalue weighted by Gasteiger charge is 2.13. The Bertz CT molecular complexity index is 614. The summed E-state index contributed by atoms with van der Waals surface area (Å²) in [6.45, 7) is 0.170. The number of anilines is 1. The van der Waals surface area contributed by atoms with Gasteiger partial charge in [0.05, 0.1) is 17.8 Å². The fraction of sp³-hybridized carbons (Fsp3) is 0.182. The molecule has 92 valence electrons. The molecular formula is C11H9F2N5. The first-order chi connectivity index (χ1) is 8.61. The Morgan fingerprint density at radius 1 is 1.39 bits per heavy atom. The molecule has 0 saturated carbocycles. The molecule has 1 aromatic carbocycles. The molecule has 0 bridgehead atoms. The predicted molar refractivity (Wildman–Crippen MR) is 59.4 cm³/mol. The minimum absolute atomic E-state index is 0.0287. The summed E-state index contributed by atoms with van der Waals surface area (Å²) in [6.07, 6.45) is 1.51. The molecule has 1 aromatic heterocycles. The van der Waals surface area contributed by atoms with E-state index in [4.69, 9.17) is 5.26 Å². The van der Waals surface area contributed by atoms with Crippen molar-refractivity contribution in [1.29, 1.82) is 5.26 Å². The largest absolute Gasteiger partial charge is 0.375 e. The number of nitrogens with zero attached hydrogens (tertiary/aromatic N) is 4. The van der Waals surface area contributed by atoms with Gasteiger partial charge in [-0.25, -0.2) is 13.8 Å². The van der Waals surface area contributed by atoms with Gasteiger partial charge >= 0.3 is 0 Å². The molecule has 1 N–H and O–H groups in total. The lowest BCUT2D eigenvalue weighted by atomic mass is 10.2. The molecule has 2 aromatic rings. The third kappa shape index (κ3) is 2.27. The first-order valence-electron chi connectivity index (χ1n) is 5.08. The normalized spacial score (nSPS) is 10.1. The predicted octanol–water partition coefficient (Wildman–Crippen LogP) is 1.58. The van der Waals surface area contributed by atoms with Gasteiger partial charge < -0.3 is 5.32 Å². The number of hydrogen-bond donors (Lipinski definition) is 1. The van der Waals surface area contributed by atoms with Crippen molar-refractivity contribution in [2.24, 2.45) is 7.05 Å². The van der Waals surface area contributed by atoms with Gasteiger partial charge in [0, 0.05) is 7.05 Å². The molecule has 0 spiro atoms. The molecule has 7 heteroatoms. The van der Waals surface area contributed by atoms with Crippen LogP contribution in [0.1, 0.15) is 11.4 Å². The van der Waals surface area contributed by atoms with E-state index in [1.54, 1.807) is 13.1 Å². The molecule has 0 aliphatic carbocycles. The highest BCUT2D eigenvalue weighted by molar-refractivity contribution is 5.49. The van der Waals surface area contributed by atoms with Gasteiger partial charge in [-0.3, -0.25) is 4.68 Å². The Balaban J connectivity index is 2.15. The van der Waals surface area contributed by atoms with Crippen LogP contribution in [0.5, 0.6) is 0 Å². The number of nitrogens with one attached hydrogen (secondary N) is 1. The second kappa shape index (κ2) is 4.79. The van der Waals surface area contributed by atoms with Crippen LogP contribution in [-0.4, -0.2) is 14.8 Å². The second-order valence-electron chi connectivity index (χ2n) is 3.59. The summed E-state index contributed by atoms with van der Waals surface area (Å²) in [5.74, 6) is -1.77. The van der Waals surface area contributed by atoms with Crippen LogP contribution >= 0.6 is 0 Å². The number of aromatic nitrogens is 3. The summed E-state index contributed by atoms with van der Waals surface area (Å²) in [6, 6.07) is 4.09. The Morgan fingerprint density at radius 3 is 2.78 bits per heavy atom. The van der Waals surface area contributed by atoms with E-state index in [1.165, 1.54) is 23.1 Å². The average molecular weight is 249 g/mol. The summed E-state index contributed by atoms with van der Waals surface area (Å²) in [7, 11) is 1.71. The Hall–Kier alpha value is -2.49.